The average Bonchev–Trinajstić information content (AvgIpc) is 0.722. The summed E-state index contributed by atoms with van der Waals surface area (Å²) in [5.41, 5.74) is 0. The minimum Gasteiger partial charge on any atom is -0.822 e. The Morgan fingerprint density at radius 3 is 1.10 bits per heavy atom. The van der Waals surface area contributed by atoms with Crippen molar-refractivity contribution in [3.05, 3.63) is 0 Å². The Morgan fingerprint density at radius 2 is 1.10 bits per heavy atom. The van der Waals surface area contributed by atoms with Gasteiger partial charge in [0, 0.05) is 0 Å². The van der Waals surface area contributed by atoms with Crippen molar-refractivity contribution in [2.45, 2.75) is 0 Å². The molecule has 10 heavy (non-hydrogen) atoms. The summed E-state index contributed by atoms with van der Waals surface area (Å²) >= 11 is 0. The van der Waals surface area contributed by atoms with Crippen LogP contribution in [0.1, 0.15) is 0 Å². The number of hydrogen-bond donors (Lipinski definition) is 0. The second-order valence-electron chi connectivity index (χ2n) is 0.447. The fourth-order valence-corrected chi connectivity index (χ4v) is 0. The quantitative estimate of drug-likeness (QED) is 0.326. The molecule has 0 bridgehead atoms. The van der Waals surface area contributed by atoms with Crippen LogP contribution in [0.4, 0.5) is 0 Å². The Balaban J connectivity index is -0.00000000800. The van der Waals surface area contributed by atoms with Crippen molar-refractivity contribution in [1.29, 1.82) is 0 Å². The molecule has 0 amide bonds. The van der Waals surface area contributed by atoms with E-state index in [1.807, 2.05) is 0 Å². The predicted molar refractivity (Wildman–Crippen MR) is 28.5 cm³/mol. The maximum atomic E-state index is 8.55. The molecule has 10 heteroatoms. The van der Waals surface area contributed by atoms with E-state index in [4.69, 9.17) is 19.2 Å². The largest absolute Gasteiger partial charge is 4.00 e. The van der Waals surface area contributed by atoms with Gasteiger partial charge in [0.1, 0.15) is 0 Å². The van der Waals surface area contributed by atoms with E-state index >= 15 is 0 Å². The van der Waals surface area contributed by atoms with Crippen LogP contribution < -0.4 is 14.7 Å². The van der Waals surface area contributed by atoms with Crippen molar-refractivity contribution >= 4 is 102 Å². The first-order valence-electron chi connectivity index (χ1n) is 0.730. The Morgan fingerprint density at radius 1 is 1.10 bits per heavy atom. The molecule has 0 spiro atoms. The molecule has 0 aromatic carbocycles. The van der Waals surface area contributed by atoms with Gasteiger partial charge in [-0.25, -0.2) is 0 Å². The molecule has 0 heterocycles. The fraction of sp³-hybridized carbons (Fsp3) is 0. The number of hydrogen-bond acceptors (Lipinski definition) is 4. The second-order valence-corrected chi connectivity index (χ2v) is 1.34. The maximum absolute atomic E-state index is 8.55. The van der Waals surface area contributed by atoms with E-state index in [0.717, 1.165) is 0 Å². The first kappa shape index (κ1) is 37.3. The smallest absolute Gasteiger partial charge is 0.822 e. The van der Waals surface area contributed by atoms with E-state index in [9.17, 15) is 0 Å². The van der Waals surface area contributed by atoms with Crippen molar-refractivity contribution in [3.8, 4) is 0 Å². The van der Waals surface area contributed by atoms with Crippen molar-refractivity contribution in [1.82, 2.24) is 0 Å². The minimum absolute atomic E-state index is 0. The third-order valence-corrected chi connectivity index (χ3v) is 0. The van der Waals surface area contributed by atoms with E-state index in [2.05, 4.69) is 0 Å². The van der Waals surface area contributed by atoms with Gasteiger partial charge in [-0.15, -0.1) is 0 Å². The van der Waals surface area contributed by atoms with Gasteiger partial charge in [-0.2, -0.15) is 7.82 Å². The van der Waals surface area contributed by atoms with Crippen LogP contribution in [0.15, 0.2) is 0 Å². The Labute approximate surface area is 143 Å². The van der Waals surface area contributed by atoms with Crippen molar-refractivity contribution in [3.63, 3.8) is 0 Å². The maximum Gasteiger partial charge on any atom is 4.00 e. The molecule has 0 radical (unpaired) electrons. The van der Waals surface area contributed by atoms with Gasteiger partial charge >= 0.3 is 114 Å². The van der Waals surface area contributed by atoms with E-state index in [1.54, 1.807) is 0 Å². The van der Waals surface area contributed by atoms with Gasteiger partial charge in [-0.3, -0.25) is 0 Å². The Kier molecular flexibility index (Phi) is 68.8. The summed E-state index contributed by atoms with van der Waals surface area (Å²) < 4.78 is 8.55. The minimum atomic E-state index is -5.39. The van der Waals surface area contributed by atoms with E-state index in [0.29, 0.717) is 0 Å². The zero-order valence-corrected chi connectivity index (χ0v) is 15.7. The summed E-state index contributed by atoms with van der Waals surface area (Å²) in [4.78, 5) is 25.6. The molecule has 40 valence electrons. The van der Waals surface area contributed by atoms with Gasteiger partial charge in [0.2, 0.25) is 0 Å². The molecule has 0 aliphatic rings. The molecule has 0 rings (SSSR count). The van der Waals surface area contributed by atoms with E-state index in [1.165, 1.54) is 0 Å². The normalized spacial score (nSPS) is 5.90. The molecule has 0 aromatic heterocycles. The molecule has 0 atom stereocenters. The summed E-state index contributed by atoms with van der Waals surface area (Å²) in [6, 6.07) is 0. The van der Waals surface area contributed by atoms with Crippen LogP contribution in [0.2, 0.25) is 0 Å². The zero-order chi connectivity index (χ0) is 4.50. The van der Waals surface area contributed by atoms with Crippen LogP contribution in [0.3, 0.4) is 0 Å². The summed E-state index contributed by atoms with van der Waals surface area (Å²) in [5.74, 6) is 0. The van der Waals surface area contributed by atoms with Crippen molar-refractivity contribution in [2.75, 3.05) is 0 Å². The first-order valence-corrected chi connectivity index (χ1v) is 2.19. The molecule has 0 aliphatic carbocycles. The van der Waals surface area contributed by atoms with Gasteiger partial charge in [0.25, 0.3) is 0 Å². The molecule has 0 saturated heterocycles. The monoisotopic (exact) mass is 333 g/mol. The molecule has 0 aromatic rings. The fourth-order valence-electron chi connectivity index (χ4n) is 0. The van der Waals surface area contributed by atoms with Gasteiger partial charge in [0.15, 0.2) is 0 Å². The third kappa shape index (κ3) is 99.2. The first-order chi connectivity index (χ1) is 2.00. The van der Waals surface area contributed by atoms with Gasteiger partial charge in [-0.1, -0.05) is 0 Å². The summed E-state index contributed by atoms with van der Waals surface area (Å²) in [5, 5.41) is 0. The molecular weight excluding hydrogens is 332 g/mol. The molecule has 0 unspecified atom stereocenters. The van der Waals surface area contributed by atoms with Crippen LogP contribution >= 0.6 is 7.82 Å². The zero-order valence-electron chi connectivity index (χ0n) is 5.20. The van der Waals surface area contributed by atoms with Crippen molar-refractivity contribution < 1.29 is 44.2 Å². The molecule has 0 aliphatic heterocycles. The summed E-state index contributed by atoms with van der Waals surface area (Å²) in [6.07, 6.45) is 0. The molecule has 2 N–H and O–H groups in total. The van der Waals surface area contributed by atoms with Crippen LogP contribution in [0, 0.1) is 0 Å². The van der Waals surface area contributed by atoms with E-state index < -0.39 is 7.82 Å². The molecule has 0 saturated carbocycles. The average molecular weight is 334 g/mol. The molecule has 0 fully saturated rings. The van der Waals surface area contributed by atoms with Gasteiger partial charge < -0.3 is 24.7 Å². The van der Waals surface area contributed by atoms with Crippen LogP contribution in [0.25, 0.3) is 0 Å². The number of rotatable bonds is 0. The predicted octanol–water partition coefficient (Wildman–Crippen LogP) is -4.79. The number of phosphoric acid groups is 1. The molecule has 5 nitrogen and oxygen atoms in total. The SMILES string of the molecule is O.O=P([O-])([O-])[O-].[Ca+2].[Si+4].[Sr+2].[Zn+2]. The van der Waals surface area contributed by atoms with Gasteiger partial charge in [-0.05, 0) is 0 Å². The van der Waals surface area contributed by atoms with Gasteiger partial charge in [0.05, 0.1) is 0 Å². The topological polar surface area (TPSA) is 118 Å². The van der Waals surface area contributed by atoms with E-state index in [-0.39, 0.29) is 119 Å². The Hall–Kier alpha value is 3.65. The second kappa shape index (κ2) is 18.4. The van der Waals surface area contributed by atoms with Crippen LogP contribution in [-0.4, -0.2) is 99.7 Å². The Bertz CT molecular complexity index is 67.8. The summed E-state index contributed by atoms with van der Waals surface area (Å²) in [7, 11) is -5.39. The van der Waals surface area contributed by atoms with Crippen LogP contribution in [-0.2, 0) is 24.0 Å². The summed E-state index contributed by atoms with van der Waals surface area (Å²) in [6.45, 7) is 0. The standard InChI is InChI=1S/Ca.H3O4P.H2O.Si.Sr.Zn/c;1-5(2,3)4;;;;/h;(H3,1,2,3,4);1H2;;;/q+2;;;+4;2*+2/p-3. The van der Waals surface area contributed by atoms with Crippen molar-refractivity contribution in [2.24, 2.45) is 0 Å². The molecular formula is H2CaO5PSiSrZn+7. The third-order valence-electron chi connectivity index (χ3n) is 0. The van der Waals surface area contributed by atoms with Crippen LogP contribution in [0.5, 0.6) is 0 Å².